The lowest BCUT2D eigenvalue weighted by Crippen LogP contribution is -2.40. The van der Waals surface area contributed by atoms with Crippen molar-refractivity contribution in [2.45, 2.75) is 53.4 Å². The van der Waals surface area contributed by atoms with E-state index in [9.17, 15) is 19.7 Å². The molecule has 256 valence electrons. The van der Waals surface area contributed by atoms with Crippen molar-refractivity contribution in [2.75, 3.05) is 20.3 Å². The molecular formula is C36H37N3O9S. The van der Waals surface area contributed by atoms with Crippen LogP contribution in [-0.4, -0.2) is 41.9 Å². The maximum Gasteiger partial charge on any atom is 0.338 e. The summed E-state index contributed by atoms with van der Waals surface area (Å²) in [6, 6.07) is 16.0. The molecule has 0 spiro atoms. The number of aromatic nitrogens is 1. The summed E-state index contributed by atoms with van der Waals surface area (Å²) >= 11 is 1.20. The Bertz CT molecular complexity index is 2100. The fraction of sp³-hybridized carbons (Fsp3) is 0.306. The Kier molecular flexibility index (Phi) is 10.8. The molecule has 4 aromatic rings. The van der Waals surface area contributed by atoms with Crippen LogP contribution in [0.2, 0.25) is 0 Å². The van der Waals surface area contributed by atoms with Crippen molar-refractivity contribution in [3.05, 3.63) is 118 Å². The summed E-state index contributed by atoms with van der Waals surface area (Å²) in [5.41, 5.74) is 2.27. The monoisotopic (exact) mass is 687 g/mol. The van der Waals surface area contributed by atoms with Gasteiger partial charge in [-0.1, -0.05) is 35.6 Å². The van der Waals surface area contributed by atoms with Crippen LogP contribution < -0.4 is 33.8 Å². The molecular weight excluding hydrogens is 650 g/mol. The van der Waals surface area contributed by atoms with Crippen LogP contribution in [0.4, 0.5) is 5.69 Å². The molecule has 0 unspecified atom stereocenters. The predicted molar refractivity (Wildman–Crippen MR) is 184 cm³/mol. The molecule has 0 radical (unpaired) electrons. The van der Waals surface area contributed by atoms with Gasteiger partial charge in [0.05, 0.1) is 53.2 Å². The number of rotatable bonds is 13. The van der Waals surface area contributed by atoms with Crippen LogP contribution in [0, 0.1) is 10.1 Å². The molecule has 1 aliphatic rings. The van der Waals surface area contributed by atoms with E-state index in [0.29, 0.717) is 61.3 Å². The maximum absolute atomic E-state index is 14.2. The number of fused-ring (bicyclic) bond motifs is 1. The summed E-state index contributed by atoms with van der Waals surface area (Å²) in [7, 11) is 1.53. The number of nitrogens with zero attached hydrogens (tertiary/aromatic N) is 3. The third kappa shape index (κ3) is 7.67. The van der Waals surface area contributed by atoms with Crippen molar-refractivity contribution in [3.8, 4) is 23.0 Å². The van der Waals surface area contributed by atoms with Gasteiger partial charge in [0.1, 0.15) is 6.61 Å². The largest absolute Gasteiger partial charge is 0.493 e. The highest BCUT2D eigenvalue weighted by Gasteiger charge is 2.34. The van der Waals surface area contributed by atoms with Gasteiger partial charge in [0.15, 0.2) is 27.8 Å². The number of benzene rings is 3. The van der Waals surface area contributed by atoms with Crippen LogP contribution in [0.3, 0.4) is 0 Å². The fourth-order valence-corrected chi connectivity index (χ4v) is 6.43. The van der Waals surface area contributed by atoms with Gasteiger partial charge >= 0.3 is 5.97 Å². The van der Waals surface area contributed by atoms with Crippen molar-refractivity contribution in [1.82, 2.24) is 4.57 Å². The third-order valence-corrected chi connectivity index (χ3v) is 8.45. The molecule has 2 heterocycles. The van der Waals surface area contributed by atoms with Gasteiger partial charge in [-0.15, -0.1) is 0 Å². The van der Waals surface area contributed by atoms with Gasteiger partial charge in [0.25, 0.3) is 11.2 Å². The lowest BCUT2D eigenvalue weighted by molar-refractivity contribution is -0.384. The zero-order valence-corrected chi connectivity index (χ0v) is 28.9. The quantitative estimate of drug-likeness (QED) is 0.102. The molecule has 0 saturated carbocycles. The highest BCUT2D eigenvalue weighted by Crippen LogP contribution is 2.37. The van der Waals surface area contributed by atoms with E-state index in [0.717, 1.165) is 0 Å². The zero-order valence-electron chi connectivity index (χ0n) is 28.1. The molecule has 1 aliphatic heterocycles. The second-order valence-corrected chi connectivity index (χ2v) is 12.2. The molecule has 0 saturated heterocycles. The number of thiazole rings is 1. The van der Waals surface area contributed by atoms with Gasteiger partial charge in [0, 0.05) is 12.1 Å². The Morgan fingerprint density at radius 3 is 2.49 bits per heavy atom. The van der Waals surface area contributed by atoms with Gasteiger partial charge in [0.2, 0.25) is 0 Å². The number of methoxy groups -OCH3 is 1. The number of nitro benzene ring substituents is 1. The average molecular weight is 688 g/mol. The third-order valence-electron chi connectivity index (χ3n) is 7.46. The van der Waals surface area contributed by atoms with Gasteiger partial charge in [-0.2, -0.15) is 0 Å². The maximum atomic E-state index is 14.2. The van der Waals surface area contributed by atoms with Crippen LogP contribution in [0.1, 0.15) is 57.4 Å². The number of hydrogen-bond acceptors (Lipinski definition) is 11. The number of esters is 1. The number of ether oxygens (including phenoxy) is 5. The van der Waals surface area contributed by atoms with Gasteiger partial charge in [-0.3, -0.25) is 19.5 Å². The van der Waals surface area contributed by atoms with E-state index in [2.05, 4.69) is 4.99 Å². The highest BCUT2D eigenvalue weighted by molar-refractivity contribution is 7.07. The number of hydrogen-bond donors (Lipinski definition) is 0. The second-order valence-electron chi connectivity index (χ2n) is 11.2. The predicted octanol–water partition coefficient (Wildman–Crippen LogP) is 5.48. The van der Waals surface area contributed by atoms with E-state index >= 15 is 0 Å². The van der Waals surface area contributed by atoms with E-state index in [1.165, 1.54) is 35.1 Å². The van der Waals surface area contributed by atoms with Crippen molar-refractivity contribution in [1.29, 1.82) is 0 Å². The van der Waals surface area contributed by atoms with Crippen LogP contribution in [0.25, 0.3) is 6.08 Å². The summed E-state index contributed by atoms with van der Waals surface area (Å²) in [5, 5.41) is 11.2. The van der Waals surface area contributed by atoms with Crippen LogP contribution in [-0.2, 0) is 16.1 Å². The summed E-state index contributed by atoms with van der Waals surface area (Å²) < 4.78 is 30.7. The SMILES string of the molecule is CCOC(=O)C1=C(C)N=c2s/c(=C\c3ccc(OCc4cccc([N+](=O)[O-])c4)c(OCC)c3)c(=O)n2[C@H]1c1ccc(OC(C)C)c(OC)c1. The molecule has 1 atom stereocenters. The number of carbonyl (C=O) groups is 1. The zero-order chi connectivity index (χ0) is 35.2. The van der Waals surface area contributed by atoms with E-state index in [1.807, 2.05) is 20.8 Å². The first-order chi connectivity index (χ1) is 23.5. The van der Waals surface area contributed by atoms with Crippen LogP contribution >= 0.6 is 11.3 Å². The fourth-order valence-electron chi connectivity index (χ4n) is 5.39. The molecule has 0 fully saturated rings. The van der Waals surface area contributed by atoms with Gasteiger partial charge < -0.3 is 23.7 Å². The molecule has 5 rings (SSSR count). The molecule has 0 amide bonds. The lowest BCUT2D eigenvalue weighted by Gasteiger charge is -2.25. The Morgan fingerprint density at radius 2 is 1.80 bits per heavy atom. The summed E-state index contributed by atoms with van der Waals surface area (Å²) in [6.45, 7) is 9.73. The van der Waals surface area contributed by atoms with Crippen LogP contribution in [0.5, 0.6) is 23.0 Å². The van der Waals surface area contributed by atoms with Gasteiger partial charge in [-0.25, -0.2) is 9.79 Å². The number of allylic oxidation sites excluding steroid dienone is 1. The Hall–Kier alpha value is -5.43. The minimum Gasteiger partial charge on any atom is -0.493 e. The number of nitro groups is 1. The first-order valence-corrected chi connectivity index (χ1v) is 16.5. The van der Waals surface area contributed by atoms with Crippen molar-refractivity contribution in [2.24, 2.45) is 4.99 Å². The first-order valence-electron chi connectivity index (χ1n) is 15.7. The van der Waals surface area contributed by atoms with E-state index < -0.39 is 16.9 Å². The van der Waals surface area contributed by atoms with Crippen molar-refractivity contribution < 1.29 is 33.4 Å². The topological polar surface area (TPSA) is 141 Å². The Balaban J connectivity index is 1.56. The molecule has 0 aliphatic carbocycles. The molecule has 3 aromatic carbocycles. The minimum atomic E-state index is -0.831. The smallest absolute Gasteiger partial charge is 0.338 e. The number of non-ortho nitro benzene ring substituents is 1. The first kappa shape index (κ1) is 34.9. The summed E-state index contributed by atoms with van der Waals surface area (Å²) in [6.07, 6.45) is 1.64. The summed E-state index contributed by atoms with van der Waals surface area (Å²) in [5.74, 6) is 1.33. The molecule has 12 nitrogen and oxygen atoms in total. The molecule has 13 heteroatoms. The van der Waals surface area contributed by atoms with E-state index in [1.54, 1.807) is 68.5 Å². The van der Waals surface area contributed by atoms with Gasteiger partial charge in [-0.05, 0) is 81.7 Å². The second kappa shape index (κ2) is 15.2. The average Bonchev–Trinajstić information content (AvgIpc) is 3.37. The Labute approximate surface area is 286 Å². The highest BCUT2D eigenvalue weighted by atomic mass is 32.1. The normalized spacial score (nSPS) is 14.3. The van der Waals surface area contributed by atoms with E-state index in [4.69, 9.17) is 23.7 Å². The van der Waals surface area contributed by atoms with Crippen molar-refractivity contribution >= 4 is 29.1 Å². The Morgan fingerprint density at radius 1 is 1.02 bits per heavy atom. The molecule has 0 N–H and O–H groups in total. The summed E-state index contributed by atoms with van der Waals surface area (Å²) in [4.78, 5) is 43.3. The minimum absolute atomic E-state index is 0.0222. The molecule has 49 heavy (non-hydrogen) atoms. The standard InChI is InChI=1S/C36H37N3O9S/c1-7-45-30-17-23(12-14-27(30)47-20-24-10-9-11-26(16-24)39(42)43)18-31-34(40)38-33(25-13-15-28(48-21(3)4)29(19-25)44-6)32(35(41)46-8-2)22(5)37-36(38)49-31/h9-19,21,33H,7-8,20H2,1-6H3/b31-18-/t33-/m0/s1. The lowest BCUT2D eigenvalue weighted by atomic mass is 9.95. The molecule has 1 aromatic heterocycles. The van der Waals surface area contributed by atoms with E-state index in [-0.39, 0.29) is 36.1 Å². The van der Waals surface area contributed by atoms with Crippen LogP contribution in [0.15, 0.2) is 81.7 Å². The number of carbonyl (C=O) groups excluding carboxylic acids is 1. The van der Waals surface area contributed by atoms with Crippen molar-refractivity contribution in [3.63, 3.8) is 0 Å². The molecule has 0 bridgehead atoms.